The van der Waals surface area contributed by atoms with Gasteiger partial charge in [0.05, 0.1) is 11.5 Å². The molecule has 3 heteroatoms. The van der Waals surface area contributed by atoms with Crippen LogP contribution < -0.4 is 5.73 Å². The molecule has 1 saturated heterocycles. The maximum atomic E-state index is 8.99. The first-order chi connectivity index (χ1) is 7.96. The molecule has 0 amide bonds. The van der Waals surface area contributed by atoms with Crippen LogP contribution in [-0.2, 0) is 0 Å². The molecule has 0 aromatic heterocycles. The van der Waals surface area contributed by atoms with Crippen LogP contribution in [0.15, 0.2) is 0 Å². The highest BCUT2D eigenvalue weighted by Gasteiger charge is 2.25. The van der Waals surface area contributed by atoms with Gasteiger partial charge in [0.1, 0.15) is 0 Å². The third-order valence-corrected chi connectivity index (χ3v) is 3.82. The van der Waals surface area contributed by atoms with Gasteiger partial charge in [-0.3, -0.25) is 4.90 Å². The van der Waals surface area contributed by atoms with Gasteiger partial charge in [-0.1, -0.05) is 6.42 Å². The molecule has 98 valence electrons. The van der Waals surface area contributed by atoms with E-state index in [0.717, 1.165) is 19.4 Å². The molecule has 1 aliphatic heterocycles. The molecule has 0 aromatic carbocycles. The summed E-state index contributed by atoms with van der Waals surface area (Å²) < 4.78 is 0. The van der Waals surface area contributed by atoms with E-state index in [2.05, 4.69) is 17.9 Å². The fraction of sp³-hybridized carbons (Fsp3) is 0.929. The molecular formula is C14H27N3. The number of nitrogens with zero attached hydrogens (tertiary/aromatic N) is 2. The number of rotatable bonds is 5. The van der Waals surface area contributed by atoms with E-state index in [0.29, 0.717) is 6.04 Å². The number of piperidine rings is 1. The number of likely N-dealkylation sites (tertiary alicyclic amines) is 1. The molecule has 17 heavy (non-hydrogen) atoms. The summed E-state index contributed by atoms with van der Waals surface area (Å²) in [6.45, 7) is 8.43. The number of nitriles is 1. The van der Waals surface area contributed by atoms with Gasteiger partial charge >= 0.3 is 0 Å². The van der Waals surface area contributed by atoms with Crippen molar-refractivity contribution >= 4 is 0 Å². The molecule has 0 aliphatic carbocycles. The van der Waals surface area contributed by atoms with Crippen LogP contribution in [0.2, 0.25) is 0 Å². The molecule has 1 heterocycles. The van der Waals surface area contributed by atoms with Crippen molar-refractivity contribution in [2.45, 2.75) is 65.0 Å². The number of hydrogen-bond donors (Lipinski definition) is 1. The second-order valence-electron chi connectivity index (χ2n) is 6.06. The summed E-state index contributed by atoms with van der Waals surface area (Å²) in [5.74, 6) is 0. The SMILES string of the molecule is CC(N)C1CCCCN1CCCC(C)(C)C#N. The third kappa shape index (κ3) is 4.65. The normalized spacial score (nSPS) is 24.3. The summed E-state index contributed by atoms with van der Waals surface area (Å²) in [5, 5.41) is 8.99. The Kier molecular flexibility index (Phi) is 5.42. The fourth-order valence-electron chi connectivity index (χ4n) is 2.67. The average Bonchev–Trinajstić information content (AvgIpc) is 2.29. The smallest absolute Gasteiger partial charge is 0.0683 e. The predicted octanol–water partition coefficient (Wildman–Crippen LogP) is 2.52. The van der Waals surface area contributed by atoms with E-state index in [9.17, 15) is 0 Å². The zero-order valence-corrected chi connectivity index (χ0v) is 11.6. The van der Waals surface area contributed by atoms with Crippen molar-refractivity contribution in [3.8, 4) is 6.07 Å². The fourth-order valence-corrected chi connectivity index (χ4v) is 2.67. The van der Waals surface area contributed by atoms with Gasteiger partial charge in [-0.2, -0.15) is 5.26 Å². The summed E-state index contributed by atoms with van der Waals surface area (Å²) in [4.78, 5) is 2.53. The van der Waals surface area contributed by atoms with Crippen LogP contribution in [0.4, 0.5) is 0 Å². The topological polar surface area (TPSA) is 53.0 Å². The van der Waals surface area contributed by atoms with Gasteiger partial charge in [-0.05, 0) is 59.5 Å². The van der Waals surface area contributed by atoms with Crippen molar-refractivity contribution in [3.05, 3.63) is 0 Å². The van der Waals surface area contributed by atoms with Gasteiger partial charge in [0.2, 0.25) is 0 Å². The van der Waals surface area contributed by atoms with Crippen LogP contribution in [0.5, 0.6) is 0 Å². The van der Waals surface area contributed by atoms with Gasteiger partial charge in [0.25, 0.3) is 0 Å². The zero-order chi connectivity index (χ0) is 12.9. The first kappa shape index (κ1) is 14.5. The Bertz CT molecular complexity index is 265. The van der Waals surface area contributed by atoms with Crippen molar-refractivity contribution in [2.24, 2.45) is 11.1 Å². The van der Waals surface area contributed by atoms with Crippen molar-refractivity contribution in [1.29, 1.82) is 5.26 Å². The van der Waals surface area contributed by atoms with Crippen LogP contribution >= 0.6 is 0 Å². The van der Waals surface area contributed by atoms with Gasteiger partial charge in [0.15, 0.2) is 0 Å². The van der Waals surface area contributed by atoms with Crippen molar-refractivity contribution < 1.29 is 0 Å². The monoisotopic (exact) mass is 237 g/mol. The lowest BCUT2D eigenvalue weighted by molar-refractivity contribution is 0.125. The molecule has 1 fully saturated rings. The Morgan fingerprint density at radius 1 is 1.47 bits per heavy atom. The largest absolute Gasteiger partial charge is 0.327 e. The van der Waals surface area contributed by atoms with Crippen molar-refractivity contribution in [2.75, 3.05) is 13.1 Å². The predicted molar refractivity (Wildman–Crippen MR) is 71.5 cm³/mol. The summed E-state index contributed by atoms with van der Waals surface area (Å²) in [6.07, 6.45) is 5.92. The zero-order valence-electron chi connectivity index (χ0n) is 11.6. The van der Waals surface area contributed by atoms with Crippen LogP contribution in [0.3, 0.4) is 0 Å². The van der Waals surface area contributed by atoms with Crippen LogP contribution in [-0.4, -0.2) is 30.1 Å². The van der Waals surface area contributed by atoms with Crippen molar-refractivity contribution in [3.63, 3.8) is 0 Å². The van der Waals surface area contributed by atoms with Gasteiger partial charge in [-0.15, -0.1) is 0 Å². The minimum absolute atomic E-state index is 0.181. The Morgan fingerprint density at radius 2 is 2.18 bits per heavy atom. The average molecular weight is 237 g/mol. The Balaban J connectivity index is 2.37. The summed E-state index contributed by atoms with van der Waals surface area (Å²) >= 11 is 0. The van der Waals surface area contributed by atoms with E-state index in [1.165, 1.54) is 25.8 Å². The Morgan fingerprint density at radius 3 is 2.76 bits per heavy atom. The highest BCUT2D eigenvalue weighted by Crippen LogP contribution is 2.23. The highest BCUT2D eigenvalue weighted by atomic mass is 15.2. The molecule has 1 aliphatic rings. The molecule has 1 rings (SSSR count). The molecule has 2 N–H and O–H groups in total. The van der Waals surface area contributed by atoms with Crippen LogP contribution in [0.25, 0.3) is 0 Å². The molecule has 0 radical (unpaired) electrons. The lowest BCUT2D eigenvalue weighted by Crippen LogP contribution is -2.49. The van der Waals surface area contributed by atoms with E-state index < -0.39 is 0 Å². The first-order valence-electron chi connectivity index (χ1n) is 6.87. The molecule has 2 unspecified atom stereocenters. The van der Waals surface area contributed by atoms with Gasteiger partial charge in [-0.25, -0.2) is 0 Å². The molecular weight excluding hydrogens is 210 g/mol. The van der Waals surface area contributed by atoms with E-state index in [1.54, 1.807) is 0 Å². The first-order valence-corrected chi connectivity index (χ1v) is 6.87. The van der Waals surface area contributed by atoms with Gasteiger partial charge in [0, 0.05) is 12.1 Å². The minimum atomic E-state index is -0.181. The number of hydrogen-bond acceptors (Lipinski definition) is 3. The second kappa shape index (κ2) is 6.37. The van der Waals surface area contributed by atoms with Crippen LogP contribution in [0.1, 0.15) is 52.9 Å². The minimum Gasteiger partial charge on any atom is -0.327 e. The maximum absolute atomic E-state index is 8.99. The molecule has 0 saturated carbocycles. The lowest BCUT2D eigenvalue weighted by Gasteiger charge is -2.38. The van der Waals surface area contributed by atoms with E-state index in [-0.39, 0.29) is 11.5 Å². The summed E-state index contributed by atoms with van der Waals surface area (Å²) in [5.41, 5.74) is 5.87. The standard InChI is InChI=1S/C14H27N3/c1-12(16)13-7-4-5-9-17(13)10-6-8-14(2,3)11-15/h12-13H,4-10,16H2,1-3H3. The maximum Gasteiger partial charge on any atom is 0.0683 e. The molecule has 0 spiro atoms. The quantitative estimate of drug-likeness (QED) is 0.799. The molecule has 3 nitrogen and oxygen atoms in total. The van der Waals surface area contributed by atoms with E-state index in [1.807, 2.05) is 13.8 Å². The molecule has 0 bridgehead atoms. The van der Waals surface area contributed by atoms with Crippen molar-refractivity contribution in [1.82, 2.24) is 4.90 Å². The Labute approximate surface area is 106 Å². The molecule has 0 aromatic rings. The third-order valence-electron chi connectivity index (χ3n) is 3.82. The van der Waals surface area contributed by atoms with Crippen LogP contribution in [0, 0.1) is 16.7 Å². The Hall–Kier alpha value is -0.590. The summed E-state index contributed by atoms with van der Waals surface area (Å²) in [7, 11) is 0. The molecule has 2 atom stereocenters. The highest BCUT2D eigenvalue weighted by molar-refractivity contribution is 4.92. The second-order valence-corrected chi connectivity index (χ2v) is 6.06. The lowest BCUT2D eigenvalue weighted by atomic mass is 9.89. The van der Waals surface area contributed by atoms with Gasteiger partial charge < -0.3 is 5.73 Å². The summed E-state index contributed by atoms with van der Waals surface area (Å²) in [6, 6.07) is 3.18. The van der Waals surface area contributed by atoms with E-state index in [4.69, 9.17) is 11.0 Å². The van der Waals surface area contributed by atoms with E-state index >= 15 is 0 Å². The number of nitrogens with two attached hydrogens (primary N) is 1.